The van der Waals surface area contributed by atoms with Crippen LogP contribution in [0.5, 0.6) is 5.75 Å². The van der Waals surface area contributed by atoms with Crippen molar-refractivity contribution in [2.75, 3.05) is 27.7 Å². The molecule has 1 aromatic rings. The molecule has 2 radical (unpaired) electrons. The number of hydrogen-bond acceptors (Lipinski definition) is 3. The first kappa shape index (κ1) is 17.0. The van der Waals surface area contributed by atoms with E-state index in [1.807, 2.05) is 33.0 Å². The number of hydrogen-bond donors (Lipinski definition) is 0. The number of benzene rings is 1. The minimum atomic E-state index is -0.126. The van der Waals surface area contributed by atoms with Crippen molar-refractivity contribution in [1.82, 2.24) is 4.90 Å². The lowest BCUT2D eigenvalue weighted by Crippen LogP contribution is -2.10. The second-order valence-electron chi connectivity index (χ2n) is 4.28. The fourth-order valence-electron chi connectivity index (χ4n) is 0.992. The zero-order chi connectivity index (χ0) is 14.1. The van der Waals surface area contributed by atoms with Crippen molar-refractivity contribution in [3.8, 4) is 5.75 Å². The molecule has 1 aromatic carbocycles. The highest BCUT2D eigenvalue weighted by atomic mass is 35.5. The first-order valence-corrected chi connectivity index (χ1v) is 5.96. The molecule has 1 rings (SSSR count). The highest BCUT2D eigenvalue weighted by Gasteiger charge is 2.02. The maximum Gasteiger partial charge on any atom is 0.161 e. The summed E-state index contributed by atoms with van der Waals surface area (Å²) >= 11 is 5.76. The Balaban J connectivity index is 0.000000631. The summed E-state index contributed by atoms with van der Waals surface area (Å²) in [5.74, 6) is 0.538. The minimum Gasteiger partial charge on any atom is -0.486 e. The number of halogens is 1. The summed E-state index contributed by atoms with van der Waals surface area (Å²) in [5.41, 5.74) is 0.905. The summed E-state index contributed by atoms with van der Waals surface area (Å²) < 4.78 is 5.26. The number of carbonyl (C=O) groups excluding carboxylic acids is 1. The highest BCUT2D eigenvalue weighted by molar-refractivity contribution is 6.30. The molecule has 0 aliphatic heterocycles. The molecule has 18 heavy (non-hydrogen) atoms. The van der Waals surface area contributed by atoms with Gasteiger partial charge in [-0.3, -0.25) is 4.79 Å². The van der Waals surface area contributed by atoms with Gasteiger partial charge in [0.25, 0.3) is 0 Å². The molecule has 0 saturated heterocycles. The van der Waals surface area contributed by atoms with Crippen molar-refractivity contribution in [2.24, 2.45) is 0 Å². The van der Waals surface area contributed by atoms with Gasteiger partial charge in [0.1, 0.15) is 12.4 Å². The lowest BCUT2D eigenvalue weighted by molar-refractivity contribution is -0.118. The molecule has 0 N–H and O–H groups in total. The van der Waals surface area contributed by atoms with Gasteiger partial charge in [-0.1, -0.05) is 11.6 Å². The van der Waals surface area contributed by atoms with Crippen LogP contribution in [-0.2, 0) is 4.79 Å². The molecule has 0 aliphatic carbocycles. The van der Waals surface area contributed by atoms with Crippen LogP contribution in [0.1, 0.15) is 5.56 Å². The lowest BCUT2D eigenvalue weighted by Gasteiger charge is -2.07. The number of ketones is 1. The average molecular weight is 268 g/mol. The second kappa shape index (κ2) is 9.00. The molecule has 0 unspecified atom stereocenters. The van der Waals surface area contributed by atoms with Gasteiger partial charge in [0.05, 0.1) is 7.85 Å². The van der Waals surface area contributed by atoms with Crippen LogP contribution in [-0.4, -0.2) is 46.3 Å². The lowest BCUT2D eigenvalue weighted by atomic mass is 10.0. The molecule has 0 fully saturated rings. The topological polar surface area (TPSA) is 29.5 Å². The van der Waals surface area contributed by atoms with E-state index in [0.717, 1.165) is 5.56 Å². The standard InChI is InChI=1S/C10H10BClO2.C3H9N/c1-7-4-8(12)2-3-10(7)14-6-9(13)5-11;1-4(2)3/h2-4H,5-6H2,1H3;1-3H3. The smallest absolute Gasteiger partial charge is 0.161 e. The van der Waals surface area contributed by atoms with Gasteiger partial charge in [0.15, 0.2) is 5.78 Å². The first-order valence-electron chi connectivity index (χ1n) is 5.58. The summed E-state index contributed by atoms with van der Waals surface area (Å²) in [6.07, 6.45) is 0.00658. The van der Waals surface area contributed by atoms with Gasteiger partial charge < -0.3 is 9.64 Å². The number of carbonyl (C=O) groups is 1. The van der Waals surface area contributed by atoms with Crippen molar-refractivity contribution in [3.63, 3.8) is 0 Å². The fraction of sp³-hybridized carbons (Fsp3) is 0.462. The Bertz CT molecular complexity index is 380. The zero-order valence-corrected chi connectivity index (χ0v) is 12.1. The van der Waals surface area contributed by atoms with Crippen molar-refractivity contribution in [1.29, 1.82) is 0 Å². The van der Waals surface area contributed by atoms with Crippen LogP contribution < -0.4 is 4.74 Å². The second-order valence-corrected chi connectivity index (χ2v) is 4.72. The largest absolute Gasteiger partial charge is 0.486 e. The third-order valence-corrected chi connectivity index (χ3v) is 1.99. The Morgan fingerprint density at radius 2 is 1.94 bits per heavy atom. The Morgan fingerprint density at radius 1 is 1.39 bits per heavy atom. The molecule has 3 nitrogen and oxygen atoms in total. The summed E-state index contributed by atoms with van der Waals surface area (Å²) in [6, 6.07) is 5.24. The molecule has 0 atom stereocenters. The van der Waals surface area contributed by atoms with Crippen LogP contribution in [0.4, 0.5) is 0 Å². The maximum absolute atomic E-state index is 10.9. The number of nitrogens with zero attached hydrogens (tertiary/aromatic N) is 1. The molecule has 0 amide bonds. The average Bonchev–Trinajstić information content (AvgIpc) is 2.26. The summed E-state index contributed by atoms with van der Waals surface area (Å²) in [4.78, 5) is 12.9. The molecule has 0 heterocycles. The van der Waals surface area contributed by atoms with E-state index in [9.17, 15) is 4.79 Å². The van der Waals surface area contributed by atoms with Crippen LogP contribution in [0.15, 0.2) is 18.2 Å². The van der Waals surface area contributed by atoms with Gasteiger partial charge in [-0.05, 0) is 58.1 Å². The van der Waals surface area contributed by atoms with E-state index in [0.29, 0.717) is 10.8 Å². The van der Waals surface area contributed by atoms with Gasteiger partial charge in [-0.15, -0.1) is 0 Å². The van der Waals surface area contributed by atoms with Gasteiger partial charge in [0, 0.05) is 5.02 Å². The van der Waals surface area contributed by atoms with Gasteiger partial charge >= 0.3 is 0 Å². The van der Waals surface area contributed by atoms with Crippen LogP contribution >= 0.6 is 11.6 Å². The predicted octanol–water partition coefficient (Wildman–Crippen LogP) is 2.36. The minimum absolute atomic E-state index is 0.00658. The summed E-state index contributed by atoms with van der Waals surface area (Å²) in [5, 5.41) is 0.653. The van der Waals surface area contributed by atoms with Crippen molar-refractivity contribution < 1.29 is 9.53 Å². The van der Waals surface area contributed by atoms with Gasteiger partial charge in [-0.2, -0.15) is 0 Å². The zero-order valence-electron chi connectivity index (χ0n) is 11.4. The van der Waals surface area contributed by atoms with Crippen molar-refractivity contribution in [3.05, 3.63) is 28.8 Å². The molecule has 0 bridgehead atoms. The van der Waals surface area contributed by atoms with Crippen molar-refractivity contribution >= 4 is 25.2 Å². The van der Waals surface area contributed by atoms with E-state index in [1.54, 1.807) is 18.2 Å². The fourth-order valence-corrected chi connectivity index (χ4v) is 1.22. The first-order chi connectivity index (χ1) is 8.36. The van der Waals surface area contributed by atoms with E-state index in [2.05, 4.69) is 0 Å². The number of ether oxygens (including phenoxy) is 1. The Kier molecular flexibility index (Phi) is 8.51. The molecule has 0 saturated carbocycles. The molecule has 5 heteroatoms. The molecule has 0 aromatic heterocycles. The summed E-state index contributed by atoms with van der Waals surface area (Å²) in [7, 11) is 11.1. The van der Waals surface area contributed by atoms with E-state index < -0.39 is 0 Å². The number of rotatable bonds is 4. The Hall–Kier alpha value is -0.995. The molecular formula is C13H19BClNO2. The third kappa shape index (κ3) is 8.15. The van der Waals surface area contributed by atoms with Gasteiger partial charge in [0.2, 0.25) is 0 Å². The van der Waals surface area contributed by atoms with E-state index in [4.69, 9.17) is 24.2 Å². The van der Waals surface area contributed by atoms with Crippen LogP contribution in [0.2, 0.25) is 11.3 Å². The normalized spacial score (nSPS) is 9.67. The molecule has 0 aliphatic rings. The van der Waals surface area contributed by atoms with Crippen LogP contribution in [0, 0.1) is 6.92 Å². The van der Waals surface area contributed by atoms with E-state index in [1.165, 1.54) is 0 Å². The van der Waals surface area contributed by atoms with E-state index in [-0.39, 0.29) is 18.7 Å². The highest BCUT2D eigenvalue weighted by Crippen LogP contribution is 2.21. The predicted molar refractivity (Wildman–Crippen MR) is 76.9 cm³/mol. The number of Topliss-reactive ketones (excluding diaryl/α,β-unsaturated/α-hetero) is 1. The van der Waals surface area contributed by atoms with Crippen LogP contribution in [0.25, 0.3) is 0 Å². The van der Waals surface area contributed by atoms with Crippen LogP contribution in [0.3, 0.4) is 0 Å². The van der Waals surface area contributed by atoms with Gasteiger partial charge in [-0.25, -0.2) is 0 Å². The third-order valence-electron chi connectivity index (χ3n) is 1.75. The number of aryl methyl sites for hydroxylation is 1. The van der Waals surface area contributed by atoms with E-state index >= 15 is 0 Å². The molecule has 98 valence electrons. The molecule has 0 spiro atoms. The molecular weight excluding hydrogens is 248 g/mol. The maximum atomic E-state index is 10.9. The Labute approximate surface area is 115 Å². The van der Waals surface area contributed by atoms with Crippen molar-refractivity contribution in [2.45, 2.75) is 13.2 Å². The Morgan fingerprint density at radius 3 is 2.39 bits per heavy atom. The quantitative estimate of drug-likeness (QED) is 0.785. The monoisotopic (exact) mass is 267 g/mol. The SMILES string of the molecule is CN(C)C.[B]CC(=O)COc1ccc(Cl)cc1C. The summed E-state index contributed by atoms with van der Waals surface area (Å²) in [6.45, 7) is 1.88.